The lowest BCUT2D eigenvalue weighted by molar-refractivity contribution is 1.12. The molecule has 0 fully saturated rings. The van der Waals surface area contributed by atoms with E-state index in [2.05, 4.69) is 47.2 Å². The fourth-order valence-corrected chi connectivity index (χ4v) is 4.57. The first-order valence-corrected chi connectivity index (χ1v) is 8.68. The van der Waals surface area contributed by atoms with Crippen LogP contribution in [0.5, 0.6) is 0 Å². The molecule has 5 heteroatoms. The SMILES string of the molecule is CCc1sccc1-c1nc2c3ccsc3cc(C)n2c1N. The largest absolute Gasteiger partial charge is 0.383 e. The van der Waals surface area contributed by atoms with Crippen molar-refractivity contribution in [2.24, 2.45) is 0 Å². The topological polar surface area (TPSA) is 43.3 Å². The van der Waals surface area contributed by atoms with Crippen LogP contribution in [0.3, 0.4) is 0 Å². The Kier molecular flexibility index (Phi) is 2.80. The minimum Gasteiger partial charge on any atom is -0.383 e. The normalized spacial score (nSPS) is 11.7. The number of hydrogen-bond donors (Lipinski definition) is 1. The molecular weight excluding hydrogens is 298 g/mol. The molecule has 0 spiro atoms. The number of rotatable bonds is 2. The number of hydrogen-bond acceptors (Lipinski definition) is 4. The van der Waals surface area contributed by atoms with Gasteiger partial charge in [-0.15, -0.1) is 22.7 Å². The number of aryl methyl sites for hydroxylation is 2. The Morgan fingerprint density at radius 3 is 2.86 bits per heavy atom. The molecule has 0 atom stereocenters. The van der Waals surface area contributed by atoms with Gasteiger partial charge in [0.2, 0.25) is 0 Å². The van der Waals surface area contributed by atoms with Crippen LogP contribution in [0, 0.1) is 6.92 Å². The third-order valence-corrected chi connectivity index (χ3v) is 5.79. The van der Waals surface area contributed by atoms with Gasteiger partial charge in [-0.3, -0.25) is 4.40 Å². The van der Waals surface area contributed by atoms with Gasteiger partial charge in [-0.25, -0.2) is 4.98 Å². The molecule has 0 aromatic carbocycles. The van der Waals surface area contributed by atoms with Crippen molar-refractivity contribution in [3.8, 4) is 11.3 Å². The number of imidazole rings is 1. The van der Waals surface area contributed by atoms with Crippen LogP contribution in [0.4, 0.5) is 5.82 Å². The molecule has 0 saturated carbocycles. The van der Waals surface area contributed by atoms with Gasteiger partial charge in [0, 0.05) is 26.2 Å². The standard InChI is InChI=1S/C16H15N3S2/c1-3-12-10(4-6-20-12)14-15(17)19-9(2)8-13-11(5-7-21-13)16(19)18-14/h4-8H,3,17H2,1-2H3. The monoisotopic (exact) mass is 313 g/mol. The number of nitrogens with two attached hydrogens (primary N) is 1. The molecule has 0 aliphatic heterocycles. The van der Waals surface area contributed by atoms with E-state index in [4.69, 9.17) is 10.7 Å². The second kappa shape index (κ2) is 4.58. The molecule has 106 valence electrons. The Morgan fingerprint density at radius 1 is 1.24 bits per heavy atom. The number of pyridine rings is 1. The predicted molar refractivity (Wildman–Crippen MR) is 92.4 cm³/mol. The highest BCUT2D eigenvalue weighted by atomic mass is 32.1. The maximum Gasteiger partial charge on any atom is 0.148 e. The van der Waals surface area contributed by atoms with E-state index in [0.29, 0.717) is 0 Å². The zero-order valence-electron chi connectivity index (χ0n) is 11.9. The van der Waals surface area contributed by atoms with Crippen LogP contribution in [-0.2, 0) is 6.42 Å². The molecular formula is C16H15N3S2. The molecule has 0 amide bonds. The van der Waals surface area contributed by atoms with Crippen LogP contribution < -0.4 is 5.73 Å². The van der Waals surface area contributed by atoms with Crippen molar-refractivity contribution in [1.29, 1.82) is 0 Å². The quantitative estimate of drug-likeness (QED) is 0.581. The zero-order chi connectivity index (χ0) is 14.6. The van der Waals surface area contributed by atoms with Crippen molar-refractivity contribution < 1.29 is 0 Å². The van der Waals surface area contributed by atoms with E-state index in [1.807, 2.05) is 0 Å². The minimum atomic E-state index is 0.740. The van der Waals surface area contributed by atoms with E-state index >= 15 is 0 Å². The van der Waals surface area contributed by atoms with Gasteiger partial charge in [0.1, 0.15) is 17.2 Å². The van der Waals surface area contributed by atoms with Gasteiger partial charge < -0.3 is 5.73 Å². The van der Waals surface area contributed by atoms with E-state index in [1.54, 1.807) is 22.7 Å². The Balaban J connectivity index is 2.12. The van der Waals surface area contributed by atoms with E-state index < -0.39 is 0 Å². The summed E-state index contributed by atoms with van der Waals surface area (Å²) >= 11 is 3.51. The van der Waals surface area contributed by atoms with Crippen molar-refractivity contribution in [3.05, 3.63) is 39.5 Å². The average molecular weight is 313 g/mol. The molecule has 0 aliphatic rings. The summed E-state index contributed by atoms with van der Waals surface area (Å²) in [7, 11) is 0. The molecule has 0 bridgehead atoms. The lowest BCUT2D eigenvalue weighted by Crippen LogP contribution is -1.98. The van der Waals surface area contributed by atoms with E-state index in [0.717, 1.165) is 29.3 Å². The van der Waals surface area contributed by atoms with Crippen LogP contribution in [0.2, 0.25) is 0 Å². The summed E-state index contributed by atoms with van der Waals surface area (Å²) in [6.07, 6.45) is 1.01. The molecule has 4 rings (SSSR count). The van der Waals surface area contributed by atoms with Crippen LogP contribution >= 0.6 is 22.7 Å². The number of anilines is 1. The smallest absolute Gasteiger partial charge is 0.148 e. The Hall–Kier alpha value is -1.85. The second-order valence-corrected chi connectivity index (χ2v) is 7.05. The number of nitrogens with zero attached hydrogens (tertiary/aromatic N) is 2. The van der Waals surface area contributed by atoms with Gasteiger partial charge in [-0.2, -0.15) is 0 Å². The van der Waals surface area contributed by atoms with Crippen molar-refractivity contribution in [3.63, 3.8) is 0 Å². The summed E-state index contributed by atoms with van der Waals surface area (Å²) in [4.78, 5) is 6.21. The Bertz CT molecular complexity index is 959. The molecule has 2 N–H and O–H groups in total. The first-order chi connectivity index (χ1) is 10.2. The first kappa shape index (κ1) is 12.9. The van der Waals surface area contributed by atoms with Gasteiger partial charge in [-0.1, -0.05) is 6.92 Å². The molecule has 4 heterocycles. The molecule has 0 aliphatic carbocycles. The molecule has 4 aromatic heterocycles. The fraction of sp³-hybridized carbons (Fsp3) is 0.188. The van der Waals surface area contributed by atoms with Crippen LogP contribution in [0.15, 0.2) is 29.0 Å². The van der Waals surface area contributed by atoms with Crippen LogP contribution in [0.1, 0.15) is 17.5 Å². The third-order valence-electron chi connectivity index (χ3n) is 3.86. The first-order valence-electron chi connectivity index (χ1n) is 6.92. The Morgan fingerprint density at radius 2 is 2.05 bits per heavy atom. The summed E-state index contributed by atoms with van der Waals surface area (Å²) in [6, 6.07) is 6.43. The summed E-state index contributed by atoms with van der Waals surface area (Å²) in [5.74, 6) is 0.740. The summed E-state index contributed by atoms with van der Waals surface area (Å²) in [5, 5.41) is 5.40. The zero-order valence-corrected chi connectivity index (χ0v) is 13.5. The van der Waals surface area contributed by atoms with Crippen molar-refractivity contribution in [2.45, 2.75) is 20.3 Å². The number of fused-ring (bicyclic) bond motifs is 3. The highest BCUT2D eigenvalue weighted by molar-refractivity contribution is 7.17. The average Bonchev–Trinajstić information content (AvgIpc) is 3.15. The fourth-order valence-electron chi connectivity index (χ4n) is 2.87. The van der Waals surface area contributed by atoms with Crippen LogP contribution in [0.25, 0.3) is 27.0 Å². The second-order valence-electron chi connectivity index (χ2n) is 5.10. The third kappa shape index (κ3) is 1.74. The van der Waals surface area contributed by atoms with E-state index in [9.17, 15) is 0 Å². The van der Waals surface area contributed by atoms with Crippen molar-refractivity contribution >= 4 is 44.2 Å². The highest BCUT2D eigenvalue weighted by Crippen LogP contribution is 2.36. The maximum absolute atomic E-state index is 6.42. The van der Waals surface area contributed by atoms with Crippen molar-refractivity contribution in [2.75, 3.05) is 5.73 Å². The molecule has 0 saturated heterocycles. The maximum atomic E-state index is 6.42. The minimum absolute atomic E-state index is 0.740. The molecule has 4 aromatic rings. The summed E-state index contributed by atoms with van der Waals surface area (Å²) in [5.41, 5.74) is 10.6. The van der Waals surface area contributed by atoms with Gasteiger partial charge >= 0.3 is 0 Å². The predicted octanol–water partition coefficient (Wildman–Crippen LogP) is 4.73. The molecule has 0 radical (unpaired) electrons. The van der Waals surface area contributed by atoms with Gasteiger partial charge in [-0.05, 0) is 42.3 Å². The Labute approximate surface area is 130 Å². The van der Waals surface area contributed by atoms with E-state index in [-0.39, 0.29) is 0 Å². The van der Waals surface area contributed by atoms with Crippen LogP contribution in [-0.4, -0.2) is 9.38 Å². The van der Waals surface area contributed by atoms with Gasteiger partial charge in [0.15, 0.2) is 0 Å². The molecule has 3 nitrogen and oxygen atoms in total. The van der Waals surface area contributed by atoms with Gasteiger partial charge in [0.05, 0.1) is 0 Å². The summed E-state index contributed by atoms with van der Waals surface area (Å²) in [6.45, 7) is 4.26. The molecule has 0 unspecified atom stereocenters. The van der Waals surface area contributed by atoms with Crippen molar-refractivity contribution in [1.82, 2.24) is 9.38 Å². The molecule has 21 heavy (non-hydrogen) atoms. The highest BCUT2D eigenvalue weighted by Gasteiger charge is 2.18. The lowest BCUT2D eigenvalue weighted by Gasteiger charge is -2.03. The summed E-state index contributed by atoms with van der Waals surface area (Å²) < 4.78 is 3.33. The van der Waals surface area contributed by atoms with E-state index in [1.165, 1.54) is 20.5 Å². The number of aromatic nitrogens is 2. The number of thiophene rings is 2. The van der Waals surface area contributed by atoms with Gasteiger partial charge in [0.25, 0.3) is 0 Å². The lowest BCUT2D eigenvalue weighted by atomic mass is 10.1. The number of nitrogen functional groups attached to an aromatic ring is 1.